The summed E-state index contributed by atoms with van der Waals surface area (Å²) in [6.45, 7) is 0. The molecule has 21 heavy (non-hydrogen) atoms. The van der Waals surface area contributed by atoms with E-state index in [4.69, 9.17) is 16.0 Å². The number of para-hydroxylation sites is 2. The summed E-state index contributed by atoms with van der Waals surface area (Å²) in [6.07, 6.45) is 5.69. The number of hydrogen-bond donors (Lipinski definition) is 0. The fourth-order valence-corrected chi connectivity index (χ4v) is 4.49. The first kappa shape index (κ1) is 13.4. The Labute approximate surface area is 132 Å². The number of nitrogens with zero attached hydrogens (tertiary/aromatic N) is 1. The van der Waals surface area contributed by atoms with Gasteiger partial charge in [-0.1, -0.05) is 12.1 Å². The van der Waals surface area contributed by atoms with Crippen molar-refractivity contribution in [3.63, 3.8) is 0 Å². The number of rotatable bonds is 3. The number of thiophene rings is 1. The Hall–Kier alpha value is -1.32. The molecule has 1 unspecified atom stereocenters. The number of oxazole rings is 1. The first-order valence-electron chi connectivity index (χ1n) is 7.39. The van der Waals surface area contributed by atoms with Gasteiger partial charge in [0.25, 0.3) is 0 Å². The molecule has 0 N–H and O–H groups in total. The zero-order valence-electron chi connectivity index (χ0n) is 11.6. The van der Waals surface area contributed by atoms with E-state index in [2.05, 4.69) is 11.1 Å². The summed E-state index contributed by atoms with van der Waals surface area (Å²) >= 11 is 8.47. The molecule has 2 nitrogen and oxygen atoms in total. The van der Waals surface area contributed by atoms with Crippen LogP contribution < -0.4 is 0 Å². The summed E-state index contributed by atoms with van der Waals surface area (Å²) in [5, 5.41) is -0.0475. The van der Waals surface area contributed by atoms with Gasteiger partial charge in [0.2, 0.25) is 0 Å². The molecule has 2 heterocycles. The molecule has 0 spiro atoms. The molecule has 0 amide bonds. The predicted octanol–water partition coefficient (Wildman–Crippen LogP) is 5.29. The molecular formula is C17H16ClNOS. The van der Waals surface area contributed by atoms with Crippen LogP contribution in [-0.4, -0.2) is 4.98 Å². The van der Waals surface area contributed by atoms with Crippen molar-refractivity contribution in [3.8, 4) is 0 Å². The molecule has 0 fully saturated rings. The van der Waals surface area contributed by atoms with Crippen LogP contribution in [0.3, 0.4) is 0 Å². The Kier molecular flexibility index (Phi) is 3.48. The summed E-state index contributed by atoms with van der Waals surface area (Å²) in [5.74, 6) is 0.725. The third-order valence-corrected chi connectivity index (χ3v) is 5.89. The van der Waals surface area contributed by atoms with E-state index in [9.17, 15) is 0 Å². The second-order valence-corrected chi connectivity index (χ2v) is 7.25. The molecule has 0 aliphatic heterocycles. The molecule has 1 aromatic carbocycles. The molecular weight excluding hydrogens is 302 g/mol. The van der Waals surface area contributed by atoms with Crippen LogP contribution in [0.1, 0.15) is 39.4 Å². The predicted molar refractivity (Wildman–Crippen MR) is 87.3 cm³/mol. The standard InChI is InChI=1S/C17H16ClNOS/c18-12(16-9-11-5-1-4-8-15(11)21-16)10-17-19-13-6-2-3-7-14(13)20-17/h2-3,6-7,9,12H,1,4-5,8,10H2. The number of aryl methyl sites for hydroxylation is 2. The van der Waals surface area contributed by atoms with Gasteiger partial charge >= 0.3 is 0 Å². The molecule has 2 aromatic heterocycles. The number of benzene rings is 1. The summed E-state index contributed by atoms with van der Waals surface area (Å²) in [6, 6.07) is 10.1. The molecule has 0 radical (unpaired) electrons. The van der Waals surface area contributed by atoms with Crippen molar-refractivity contribution in [1.82, 2.24) is 4.98 Å². The quantitative estimate of drug-likeness (QED) is 0.613. The van der Waals surface area contributed by atoms with Crippen LogP contribution in [0.15, 0.2) is 34.7 Å². The van der Waals surface area contributed by atoms with E-state index in [0.29, 0.717) is 6.42 Å². The fourth-order valence-electron chi connectivity index (χ4n) is 2.93. The second-order valence-electron chi connectivity index (χ2n) is 5.55. The molecule has 0 saturated carbocycles. The van der Waals surface area contributed by atoms with Crippen LogP contribution in [0, 0.1) is 0 Å². The second kappa shape index (κ2) is 5.47. The zero-order chi connectivity index (χ0) is 14.2. The number of alkyl halides is 1. The third kappa shape index (κ3) is 2.60. The summed E-state index contributed by atoms with van der Waals surface area (Å²) in [4.78, 5) is 7.30. The van der Waals surface area contributed by atoms with Gasteiger partial charge < -0.3 is 4.42 Å². The minimum atomic E-state index is -0.0475. The average Bonchev–Trinajstić information content (AvgIpc) is 3.10. The highest BCUT2D eigenvalue weighted by Gasteiger charge is 2.19. The van der Waals surface area contributed by atoms with Crippen molar-refractivity contribution in [1.29, 1.82) is 0 Å². The van der Waals surface area contributed by atoms with Crippen molar-refractivity contribution >= 4 is 34.0 Å². The van der Waals surface area contributed by atoms with Gasteiger partial charge in [-0.15, -0.1) is 22.9 Å². The van der Waals surface area contributed by atoms with Crippen molar-refractivity contribution in [3.05, 3.63) is 51.5 Å². The number of hydrogen-bond acceptors (Lipinski definition) is 3. The lowest BCUT2D eigenvalue weighted by Crippen LogP contribution is -1.96. The maximum atomic E-state index is 6.60. The smallest absolute Gasteiger partial charge is 0.197 e. The van der Waals surface area contributed by atoms with E-state index in [1.165, 1.54) is 41.0 Å². The highest BCUT2D eigenvalue weighted by Crippen LogP contribution is 2.36. The van der Waals surface area contributed by atoms with Gasteiger partial charge in [0, 0.05) is 16.2 Å². The number of aromatic nitrogens is 1. The minimum Gasteiger partial charge on any atom is -0.441 e. The Bertz CT molecular complexity index is 720. The molecule has 0 bridgehead atoms. The van der Waals surface area contributed by atoms with Gasteiger partial charge in [-0.05, 0) is 49.4 Å². The summed E-state index contributed by atoms with van der Waals surface area (Å²) in [5.41, 5.74) is 3.24. The molecule has 4 rings (SSSR count). The summed E-state index contributed by atoms with van der Waals surface area (Å²) < 4.78 is 5.77. The lowest BCUT2D eigenvalue weighted by Gasteiger charge is -2.08. The monoisotopic (exact) mass is 317 g/mol. The van der Waals surface area contributed by atoms with Crippen LogP contribution in [0.4, 0.5) is 0 Å². The van der Waals surface area contributed by atoms with E-state index in [-0.39, 0.29) is 5.38 Å². The van der Waals surface area contributed by atoms with Crippen LogP contribution in [0.25, 0.3) is 11.1 Å². The van der Waals surface area contributed by atoms with E-state index in [1.807, 2.05) is 35.6 Å². The Morgan fingerprint density at radius 3 is 2.95 bits per heavy atom. The highest BCUT2D eigenvalue weighted by molar-refractivity contribution is 7.12. The molecule has 1 atom stereocenters. The van der Waals surface area contributed by atoms with Crippen molar-refractivity contribution in [2.24, 2.45) is 0 Å². The first-order valence-corrected chi connectivity index (χ1v) is 8.65. The lowest BCUT2D eigenvalue weighted by atomic mass is 9.99. The van der Waals surface area contributed by atoms with Gasteiger partial charge in [0.15, 0.2) is 11.5 Å². The lowest BCUT2D eigenvalue weighted by molar-refractivity contribution is 0.526. The van der Waals surface area contributed by atoms with Crippen LogP contribution in [0.5, 0.6) is 0 Å². The maximum Gasteiger partial charge on any atom is 0.197 e. The molecule has 4 heteroatoms. The van der Waals surface area contributed by atoms with Gasteiger partial charge in [-0.25, -0.2) is 4.98 Å². The van der Waals surface area contributed by atoms with E-state index >= 15 is 0 Å². The molecule has 0 saturated heterocycles. The third-order valence-electron chi connectivity index (χ3n) is 4.02. The van der Waals surface area contributed by atoms with Crippen LogP contribution in [0.2, 0.25) is 0 Å². The maximum absolute atomic E-state index is 6.60. The number of fused-ring (bicyclic) bond motifs is 2. The summed E-state index contributed by atoms with van der Waals surface area (Å²) in [7, 11) is 0. The number of halogens is 1. The molecule has 1 aliphatic rings. The normalized spacial score (nSPS) is 16.0. The van der Waals surface area contributed by atoms with Gasteiger partial charge in [0.1, 0.15) is 5.52 Å². The Balaban J connectivity index is 1.57. The first-order chi connectivity index (χ1) is 10.3. The SMILES string of the molecule is ClC(Cc1nc2ccccc2o1)c1cc2c(s1)CCCC2. The molecule has 3 aromatic rings. The van der Waals surface area contributed by atoms with E-state index in [1.54, 1.807) is 0 Å². The Morgan fingerprint density at radius 2 is 2.10 bits per heavy atom. The average molecular weight is 318 g/mol. The van der Waals surface area contributed by atoms with Gasteiger partial charge in [-0.2, -0.15) is 0 Å². The van der Waals surface area contributed by atoms with Gasteiger partial charge in [0.05, 0.1) is 5.38 Å². The van der Waals surface area contributed by atoms with E-state index < -0.39 is 0 Å². The fraction of sp³-hybridized carbons (Fsp3) is 0.353. The van der Waals surface area contributed by atoms with Crippen molar-refractivity contribution in [2.75, 3.05) is 0 Å². The zero-order valence-corrected chi connectivity index (χ0v) is 13.2. The molecule has 1 aliphatic carbocycles. The van der Waals surface area contributed by atoms with Crippen molar-refractivity contribution in [2.45, 2.75) is 37.5 Å². The Morgan fingerprint density at radius 1 is 1.24 bits per heavy atom. The van der Waals surface area contributed by atoms with Crippen molar-refractivity contribution < 1.29 is 4.42 Å². The highest BCUT2D eigenvalue weighted by atomic mass is 35.5. The van der Waals surface area contributed by atoms with Crippen LogP contribution in [-0.2, 0) is 19.3 Å². The minimum absolute atomic E-state index is 0.0475. The topological polar surface area (TPSA) is 26.0 Å². The van der Waals surface area contributed by atoms with Crippen LogP contribution >= 0.6 is 22.9 Å². The molecule has 108 valence electrons. The largest absolute Gasteiger partial charge is 0.441 e. The van der Waals surface area contributed by atoms with Gasteiger partial charge in [-0.3, -0.25) is 0 Å². The van der Waals surface area contributed by atoms with E-state index in [0.717, 1.165) is 17.0 Å².